The maximum Gasteiger partial charge on any atom is 0.260 e. The number of benzene rings is 1. The highest BCUT2D eigenvalue weighted by molar-refractivity contribution is 5.80. The van der Waals surface area contributed by atoms with Gasteiger partial charge in [0, 0.05) is 18.2 Å². The second kappa shape index (κ2) is 7.31. The Morgan fingerprint density at radius 2 is 2.29 bits per heavy atom. The zero-order chi connectivity index (χ0) is 15.2. The van der Waals surface area contributed by atoms with E-state index in [1.54, 1.807) is 6.92 Å². The molecule has 1 aromatic carbocycles. The minimum Gasteiger partial charge on any atom is -0.491 e. The average Bonchev–Trinajstić information content (AvgIpc) is 2.87. The quantitative estimate of drug-likeness (QED) is 0.807. The largest absolute Gasteiger partial charge is 0.491 e. The maximum atomic E-state index is 11.8. The molecule has 1 heterocycles. The molecule has 0 spiro atoms. The minimum absolute atomic E-state index is 0.0937. The summed E-state index contributed by atoms with van der Waals surface area (Å²) in [7, 11) is 0. The molecule has 116 valence electrons. The fraction of sp³-hybridized carbons (Fsp3) is 0.562. The van der Waals surface area contributed by atoms with E-state index < -0.39 is 6.10 Å². The molecule has 0 bridgehead atoms. The molecule has 0 aliphatic carbocycles. The highest BCUT2D eigenvalue weighted by Gasteiger charge is 2.24. The number of amides is 1. The summed E-state index contributed by atoms with van der Waals surface area (Å²) in [6, 6.07) is 5.99. The molecule has 1 aliphatic heterocycles. The van der Waals surface area contributed by atoms with Gasteiger partial charge in [-0.2, -0.15) is 0 Å². The molecule has 0 fully saturated rings. The summed E-state index contributed by atoms with van der Waals surface area (Å²) >= 11 is 0. The third kappa shape index (κ3) is 3.88. The van der Waals surface area contributed by atoms with Crippen molar-refractivity contribution < 1.29 is 14.3 Å². The molecule has 2 rings (SSSR count). The van der Waals surface area contributed by atoms with E-state index in [0.717, 1.165) is 24.3 Å². The molecule has 21 heavy (non-hydrogen) atoms. The van der Waals surface area contributed by atoms with Crippen LogP contribution in [0.15, 0.2) is 18.2 Å². The van der Waals surface area contributed by atoms with Crippen LogP contribution < -0.4 is 20.1 Å². The summed E-state index contributed by atoms with van der Waals surface area (Å²) < 4.78 is 11.3. The van der Waals surface area contributed by atoms with Gasteiger partial charge in [0.2, 0.25) is 0 Å². The van der Waals surface area contributed by atoms with E-state index in [4.69, 9.17) is 9.47 Å². The van der Waals surface area contributed by atoms with Gasteiger partial charge in [-0.1, -0.05) is 13.8 Å². The number of carbonyl (C=O) groups excluding carboxylic acids is 1. The monoisotopic (exact) mass is 292 g/mol. The number of hydrogen-bond donors (Lipinski definition) is 2. The van der Waals surface area contributed by atoms with Gasteiger partial charge in [-0.25, -0.2) is 0 Å². The van der Waals surface area contributed by atoms with Gasteiger partial charge in [-0.05, 0) is 32.0 Å². The first-order valence-electron chi connectivity index (χ1n) is 7.60. The molecular formula is C16H24N2O3. The Bertz CT molecular complexity index is 490. The lowest BCUT2D eigenvalue weighted by Gasteiger charge is -2.15. The van der Waals surface area contributed by atoms with Crippen LogP contribution in [-0.2, 0) is 4.79 Å². The van der Waals surface area contributed by atoms with E-state index in [9.17, 15) is 4.79 Å². The van der Waals surface area contributed by atoms with E-state index in [-0.39, 0.29) is 11.9 Å². The van der Waals surface area contributed by atoms with E-state index in [1.807, 2.05) is 25.1 Å². The SMILES string of the molecule is CCCNC(=O)C(C)Oc1ccc2c(c1)OCC2NCC. The van der Waals surface area contributed by atoms with Crippen LogP contribution in [-0.4, -0.2) is 31.7 Å². The lowest BCUT2D eigenvalue weighted by atomic mass is 10.1. The fourth-order valence-electron chi connectivity index (χ4n) is 2.33. The Morgan fingerprint density at radius 1 is 1.48 bits per heavy atom. The van der Waals surface area contributed by atoms with Crippen molar-refractivity contribution in [1.29, 1.82) is 0 Å². The summed E-state index contributed by atoms with van der Waals surface area (Å²) in [5.74, 6) is 1.40. The standard InChI is InChI=1S/C16H24N2O3/c1-4-8-18-16(19)11(3)21-12-6-7-13-14(17-5-2)10-20-15(13)9-12/h6-7,9,11,14,17H,4-5,8,10H2,1-3H3,(H,18,19). The lowest BCUT2D eigenvalue weighted by molar-refractivity contribution is -0.127. The fourth-order valence-corrected chi connectivity index (χ4v) is 2.33. The first-order chi connectivity index (χ1) is 10.2. The van der Waals surface area contributed by atoms with Gasteiger partial charge < -0.3 is 20.1 Å². The molecule has 1 aliphatic rings. The summed E-state index contributed by atoms with van der Waals surface area (Å²) in [6.45, 7) is 8.06. The molecule has 2 unspecified atom stereocenters. The van der Waals surface area contributed by atoms with Crippen molar-refractivity contribution in [2.24, 2.45) is 0 Å². The number of nitrogens with one attached hydrogen (secondary N) is 2. The number of likely N-dealkylation sites (N-methyl/N-ethyl adjacent to an activating group) is 1. The van der Waals surface area contributed by atoms with Crippen molar-refractivity contribution in [3.8, 4) is 11.5 Å². The zero-order valence-corrected chi connectivity index (χ0v) is 12.9. The molecule has 5 heteroatoms. The van der Waals surface area contributed by atoms with Crippen LogP contribution in [0.4, 0.5) is 0 Å². The van der Waals surface area contributed by atoms with Crippen molar-refractivity contribution in [2.75, 3.05) is 19.7 Å². The summed E-state index contributed by atoms with van der Waals surface area (Å²) in [6.07, 6.45) is 0.400. The second-order valence-electron chi connectivity index (χ2n) is 5.17. The van der Waals surface area contributed by atoms with Crippen LogP contribution in [0.25, 0.3) is 0 Å². The van der Waals surface area contributed by atoms with E-state index in [1.165, 1.54) is 0 Å². The van der Waals surface area contributed by atoms with Gasteiger partial charge in [0.05, 0.1) is 6.04 Å². The minimum atomic E-state index is -0.513. The zero-order valence-electron chi connectivity index (χ0n) is 12.9. The molecule has 1 aromatic rings. The van der Waals surface area contributed by atoms with Crippen LogP contribution in [0.5, 0.6) is 11.5 Å². The summed E-state index contributed by atoms with van der Waals surface area (Å²) in [4.78, 5) is 11.8. The topological polar surface area (TPSA) is 59.6 Å². The molecular weight excluding hydrogens is 268 g/mol. The van der Waals surface area contributed by atoms with Crippen LogP contribution in [0.2, 0.25) is 0 Å². The molecule has 0 aromatic heterocycles. The molecule has 2 N–H and O–H groups in total. The van der Waals surface area contributed by atoms with Crippen LogP contribution in [0.1, 0.15) is 38.8 Å². The number of fused-ring (bicyclic) bond motifs is 1. The third-order valence-corrected chi connectivity index (χ3v) is 3.45. The van der Waals surface area contributed by atoms with Gasteiger partial charge in [0.1, 0.15) is 18.1 Å². The maximum absolute atomic E-state index is 11.8. The van der Waals surface area contributed by atoms with Gasteiger partial charge in [-0.3, -0.25) is 4.79 Å². The van der Waals surface area contributed by atoms with Gasteiger partial charge >= 0.3 is 0 Å². The predicted molar refractivity (Wildman–Crippen MR) is 81.7 cm³/mol. The van der Waals surface area contributed by atoms with Crippen molar-refractivity contribution in [1.82, 2.24) is 10.6 Å². The smallest absolute Gasteiger partial charge is 0.260 e. The Balaban J connectivity index is 1.98. The first kappa shape index (κ1) is 15.6. The first-order valence-corrected chi connectivity index (χ1v) is 7.60. The van der Waals surface area contributed by atoms with Crippen molar-refractivity contribution in [3.05, 3.63) is 23.8 Å². The Labute approximate surface area is 126 Å². The number of carbonyl (C=O) groups is 1. The van der Waals surface area contributed by atoms with E-state index in [2.05, 4.69) is 17.6 Å². The van der Waals surface area contributed by atoms with Crippen molar-refractivity contribution in [3.63, 3.8) is 0 Å². The Hall–Kier alpha value is -1.75. The number of rotatable bonds is 7. The van der Waals surface area contributed by atoms with Crippen LogP contribution >= 0.6 is 0 Å². The molecule has 0 saturated carbocycles. The Morgan fingerprint density at radius 3 is 3.00 bits per heavy atom. The molecule has 0 radical (unpaired) electrons. The lowest BCUT2D eigenvalue weighted by Crippen LogP contribution is -2.36. The second-order valence-corrected chi connectivity index (χ2v) is 5.17. The number of hydrogen-bond acceptors (Lipinski definition) is 4. The molecule has 0 saturated heterocycles. The third-order valence-electron chi connectivity index (χ3n) is 3.45. The van der Waals surface area contributed by atoms with Gasteiger partial charge in [-0.15, -0.1) is 0 Å². The molecule has 1 amide bonds. The van der Waals surface area contributed by atoms with E-state index >= 15 is 0 Å². The summed E-state index contributed by atoms with van der Waals surface area (Å²) in [5, 5.41) is 6.20. The highest BCUT2D eigenvalue weighted by Crippen LogP contribution is 2.35. The van der Waals surface area contributed by atoms with Gasteiger partial charge in [0.25, 0.3) is 5.91 Å². The normalized spacial score (nSPS) is 17.8. The predicted octanol–water partition coefficient (Wildman–Crippen LogP) is 2.02. The van der Waals surface area contributed by atoms with E-state index in [0.29, 0.717) is 18.9 Å². The van der Waals surface area contributed by atoms with Crippen molar-refractivity contribution >= 4 is 5.91 Å². The van der Waals surface area contributed by atoms with Gasteiger partial charge in [0.15, 0.2) is 6.10 Å². The average molecular weight is 292 g/mol. The number of ether oxygens (including phenoxy) is 2. The highest BCUT2D eigenvalue weighted by atomic mass is 16.5. The van der Waals surface area contributed by atoms with Crippen LogP contribution in [0, 0.1) is 0 Å². The molecule has 2 atom stereocenters. The van der Waals surface area contributed by atoms with Crippen LogP contribution in [0.3, 0.4) is 0 Å². The summed E-state index contributed by atoms with van der Waals surface area (Å²) in [5.41, 5.74) is 1.15. The molecule has 5 nitrogen and oxygen atoms in total. The van der Waals surface area contributed by atoms with Crippen molar-refractivity contribution in [2.45, 2.75) is 39.3 Å². The Kier molecular flexibility index (Phi) is 5.44.